The van der Waals surface area contributed by atoms with Crippen LogP contribution in [-0.4, -0.2) is 20.8 Å². The highest BCUT2D eigenvalue weighted by Crippen LogP contribution is 2.21. The van der Waals surface area contributed by atoms with Gasteiger partial charge in [0.05, 0.1) is 4.92 Å². The van der Waals surface area contributed by atoms with Gasteiger partial charge in [0.25, 0.3) is 11.6 Å². The van der Waals surface area contributed by atoms with Crippen LogP contribution in [0.5, 0.6) is 0 Å². The van der Waals surface area contributed by atoms with Crippen LogP contribution >= 0.6 is 0 Å². The fraction of sp³-hybridized carbons (Fsp3) is 0.0800. The minimum atomic E-state index is -0.535. The Morgan fingerprint density at radius 2 is 1.47 bits per heavy atom. The topological polar surface area (TPSA) is 122 Å². The summed E-state index contributed by atoms with van der Waals surface area (Å²) in [6.07, 6.45) is 0. The van der Waals surface area contributed by atoms with Crippen molar-refractivity contribution in [2.75, 3.05) is 16.0 Å². The summed E-state index contributed by atoms with van der Waals surface area (Å²) >= 11 is 0. The number of nitrogens with zero attached hydrogens (tertiary/aromatic N) is 3. The molecule has 1 amide bonds. The van der Waals surface area contributed by atoms with Crippen LogP contribution in [0.25, 0.3) is 0 Å². The zero-order valence-electron chi connectivity index (χ0n) is 18.6. The molecule has 0 unspecified atom stereocenters. The molecule has 0 atom stereocenters. The van der Waals surface area contributed by atoms with Gasteiger partial charge >= 0.3 is 0 Å². The van der Waals surface area contributed by atoms with Gasteiger partial charge in [-0.25, -0.2) is 4.98 Å². The summed E-state index contributed by atoms with van der Waals surface area (Å²) in [5.41, 5.74) is 4.26. The van der Waals surface area contributed by atoms with E-state index in [1.807, 2.05) is 44.2 Å². The molecule has 9 heteroatoms. The molecular weight excluding hydrogens is 432 g/mol. The minimum absolute atomic E-state index is 0.137. The number of hydrogen-bond donors (Lipinski definition) is 3. The van der Waals surface area contributed by atoms with Crippen LogP contribution in [0.1, 0.15) is 21.6 Å². The first-order valence-corrected chi connectivity index (χ1v) is 10.5. The summed E-state index contributed by atoms with van der Waals surface area (Å²) < 4.78 is 0. The summed E-state index contributed by atoms with van der Waals surface area (Å²) in [6, 6.07) is 22.5. The normalized spacial score (nSPS) is 10.4. The molecule has 0 saturated carbocycles. The first kappa shape index (κ1) is 22.4. The van der Waals surface area contributed by atoms with E-state index < -0.39 is 10.8 Å². The van der Waals surface area contributed by atoms with Gasteiger partial charge in [-0.1, -0.05) is 23.8 Å². The standard InChI is InChI=1S/C25H22N6O3/c1-16-6-8-19(9-7-16)27-23-14-17(2)26-25(30-23)29-21-12-10-20(11-13-21)28-24(32)18-4-3-5-22(15-18)31(33)34/h3-15H,1-2H3,(H,28,32)(H2,26,27,29,30). The van der Waals surface area contributed by atoms with Gasteiger partial charge in [-0.05, 0) is 56.3 Å². The highest BCUT2D eigenvalue weighted by molar-refractivity contribution is 6.04. The number of nitro groups is 1. The van der Waals surface area contributed by atoms with Gasteiger partial charge in [-0.2, -0.15) is 4.98 Å². The number of rotatable bonds is 7. The monoisotopic (exact) mass is 454 g/mol. The molecule has 0 radical (unpaired) electrons. The van der Waals surface area contributed by atoms with Crippen LogP contribution in [0.15, 0.2) is 78.9 Å². The van der Waals surface area contributed by atoms with Crippen LogP contribution in [-0.2, 0) is 0 Å². The molecule has 4 rings (SSSR count). The van der Waals surface area contributed by atoms with Crippen molar-refractivity contribution in [2.24, 2.45) is 0 Å². The van der Waals surface area contributed by atoms with E-state index >= 15 is 0 Å². The van der Waals surface area contributed by atoms with Crippen LogP contribution in [0.2, 0.25) is 0 Å². The van der Waals surface area contributed by atoms with Gasteiger partial charge < -0.3 is 16.0 Å². The van der Waals surface area contributed by atoms with Gasteiger partial charge in [0, 0.05) is 46.5 Å². The third-order valence-electron chi connectivity index (χ3n) is 4.90. The van der Waals surface area contributed by atoms with Gasteiger partial charge in [-0.3, -0.25) is 14.9 Å². The molecule has 0 spiro atoms. The number of amides is 1. The quantitative estimate of drug-likeness (QED) is 0.240. The van der Waals surface area contributed by atoms with Crippen LogP contribution in [0, 0.1) is 24.0 Å². The zero-order chi connectivity index (χ0) is 24.1. The zero-order valence-corrected chi connectivity index (χ0v) is 18.6. The number of anilines is 5. The van der Waals surface area contributed by atoms with E-state index in [0.717, 1.165) is 17.1 Å². The summed E-state index contributed by atoms with van der Waals surface area (Å²) in [7, 11) is 0. The van der Waals surface area contributed by atoms with Crippen molar-refractivity contribution in [1.29, 1.82) is 0 Å². The maximum absolute atomic E-state index is 12.4. The van der Waals surface area contributed by atoms with Crippen molar-refractivity contribution < 1.29 is 9.72 Å². The summed E-state index contributed by atoms with van der Waals surface area (Å²) in [6.45, 7) is 3.92. The van der Waals surface area contributed by atoms with E-state index in [1.165, 1.54) is 29.8 Å². The van der Waals surface area contributed by atoms with Crippen LogP contribution in [0.4, 0.5) is 34.5 Å². The lowest BCUT2D eigenvalue weighted by atomic mass is 10.2. The molecule has 1 aromatic heterocycles. The van der Waals surface area contributed by atoms with E-state index in [4.69, 9.17) is 0 Å². The Bertz CT molecular complexity index is 1340. The van der Waals surface area contributed by atoms with Crippen molar-refractivity contribution in [3.63, 3.8) is 0 Å². The second-order valence-electron chi connectivity index (χ2n) is 7.67. The summed E-state index contributed by atoms with van der Waals surface area (Å²) in [4.78, 5) is 31.8. The number of aromatic nitrogens is 2. The summed E-state index contributed by atoms with van der Waals surface area (Å²) in [5.74, 6) is 0.668. The Morgan fingerprint density at radius 3 is 2.18 bits per heavy atom. The van der Waals surface area contributed by atoms with Gasteiger partial charge in [0.2, 0.25) is 5.95 Å². The fourth-order valence-electron chi connectivity index (χ4n) is 3.20. The number of aryl methyl sites for hydroxylation is 2. The fourth-order valence-corrected chi connectivity index (χ4v) is 3.20. The molecular formula is C25H22N6O3. The molecule has 34 heavy (non-hydrogen) atoms. The van der Waals surface area contributed by atoms with E-state index in [9.17, 15) is 14.9 Å². The Labute approximate surface area is 196 Å². The maximum atomic E-state index is 12.4. The number of carbonyl (C=O) groups is 1. The van der Waals surface area contributed by atoms with Gasteiger partial charge in [-0.15, -0.1) is 0 Å². The second-order valence-corrected chi connectivity index (χ2v) is 7.67. The molecule has 1 heterocycles. The number of non-ortho nitro benzene ring substituents is 1. The number of nitrogens with one attached hydrogen (secondary N) is 3. The lowest BCUT2D eigenvalue weighted by Gasteiger charge is -2.11. The van der Waals surface area contributed by atoms with E-state index in [-0.39, 0.29) is 11.3 Å². The maximum Gasteiger partial charge on any atom is 0.270 e. The van der Waals surface area contributed by atoms with Crippen molar-refractivity contribution in [3.05, 3.63) is 106 Å². The molecule has 4 aromatic rings. The smallest absolute Gasteiger partial charge is 0.270 e. The third-order valence-corrected chi connectivity index (χ3v) is 4.90. The van der Waals surface area contributed by atoms with Gasteiger partial charge in [0.1, 0.15) is 5.82 Å². The van der Waals surface area contributed by atoms with Crippen molar-refractivity contribution in [1.82, 2.24) is 9.97 Å². The highest BCUT2D eigenvalue weighted by atomic mass is 16.6. The lowest BCUT2D eigenvalue weighted by Crippen LogP contribution is -2.12. The van der Waals surface area contributed by atoms with Crippen molar-refractivity contribution in [2.45, 2.75) is 13.8 Å². The predicted molar refractivity (Wildman–Crippen MR) is 132 cm³/mol. The van der Waals surface area contributed by atoms with E-state index in [2.05, 4.69) is 25.9 Å². The van der Waals surface area contributed by atoms with Crippen LogP contribution in [0.3, 0.4) is 0 Å². The first-order chi connectivity index (χ1) is 16.4. The highest BCUT2D eigenvalue weighted by Gasteiger charge is 2.12. The number of nitro benzene ring substituents is 1. The Kier molecular flexibility index (Phi) is 6.45. The Morgan fingerprint density at radius 1 is 0.824 bits per heavy atom. The molecule has 0 bridgehead atoms. The first-order valence-electron chi connectivity index (χ1n) is 10.5. The number of carbonyl (C=O) groups excluding carboxylic acids is 1. The SMILES string of the molecule is Cc1ccc(Nc2cc(C)nc(Nc3ccc(NC(=O)c4cccc([N+](=O)[O-])c4)cc3)n2)cc1. The van der Waals surface area contributed by atoms with E-state index in [0.29, 0.717) is 17.5 Å². The number of benzene rings is 3. The molecule has 3 aromatic carbocycles. The average molecular weight is 454 g/mol. The molecule has 3 N–H and O–H groups in total. The molecule has 0 aliphatic carbocycles. The van der Waals surface area contributed by atoms with Crippen molar-refractivity contribution >= 4 is 40.4 Å². The molecule has 9 nitrogen and oxygen atoms in total. The molecule has 0 aliphatic rings. The molecule has 170 valence electrons. The van der Waals surface area contributed by atoms with Crippen molar-refractivity contribution in [3.8, 4) is 0 Å². The molecule has 0 saturated heterocycles. The predicted octanol–water partition coefficient (Wildman–Crippen LogP) is 5.74. The molecule has 0 aliphatic heterocycles. The lowest BCUT2D eigenvalue weighted by molar-refractivity contribution is -0.384. The summed E-state index contributed by atoms with van der Waals surface area (Å²) in [5, 5.41) is 20.1. The number of hydrogen-bond acceptors (Lipinski definition) is 7. The van der Waals surface area contributed by atoms with Gasteiger partial charge in [0.15, 0.2) is 0 Å². The van der Waals surface area contributed by atoms with E-state index in [1.54, 1.807) is 24.3 Å². The second kappa shape index (κ2) is 9.78. The Hall–Kier alpha value is -4.79. The molecule has 0 fully saturated rings. The average Bonchev–Trinajstić information content (AvgIpc) is 2.81. The third kappa shape index (κ3) is 5.71. The largest absolute Gasteiger partial charge is 0.340 e. The van der Waals surface area contributed by atoms with Crippen LogP contribution < -0.4 is 16.0 Å². The Balaban J connectivity index is 1.43. The minimum Gasteiger partial charge on any atom is -0.340 e.